The van der Waals surface area contributed by atoms with Gasteiger partial charge in [-0.2, -0.15) is 0 Å². The summed E-state index contributed by atoms with van der Waals surface area (Å²) in [7, 11) is 0. The van der Waals surface area contributed by atoms with Crippen LogP contribution in [0.3, 0.4) is 0 Å². The Kier molecular flexibility index (Phi) is 49.6. The molecule has 0 aliphatic heterocycles. The van der Waals surface area contributed by atoms with Gasteiger partial charge in [-0.1, -0.05) is 263 Å². The minimum Gasteiger partial charge on any atom is -0.481 e. The predicted molar refractivity (Wildman–Crippen MR) is 250 cm³/mol. The van der Waals surface area contributed by atoms with E-state index in [4.69, 9.17) is 9.84 Å². The van der Waals surface area contributed by atoms with Gasteiger partial charge < -0.3 is 9.84 Å². The predicted octanol–water partition coefficient (Wildman–Crippen LogP) is 18.5. The second-order valence-electron chi connectivity index (χ2n) is 18.0. The second kappa shape index (κ2) is 50.8. The lowest BCUT2D eigenvalue weighted by Crippen LogP contribution is -2.05. The zero-order chi connectivity index (χ0) is 41.2. The molecular formula is C53H102O4. The lowest BCUT2D eigenvalue weighted by Gasteiger charge is -2.06. The van der Waals surface area contributed by atoms with Crippen LogP contribution in [0.1, 0.15) is 309 Å². The molecule has 0 saturated carbocycles. The van der Waals surface area contributed by atoms with Crippen molar-refractivity contribution < 1.29 is 19.4 Å². The van der Waals surface area contributed by atoms with E-state index in [1.165, 1.54) is 263 Å². The Balaban J connectivity index is 3.16. The standard InChI is InChI=1S/C53H102O4/c1-2-3-4-5-6-7-8-9-10-11-12-19-23-26-29-32-35-38-41-44-47-50-53(56)57-51-48-45-42-39-36-33-30-27-24-21-18-16-14-13-15-17-20-22-25-28-31-34-37-40-43-46-49-52(54)55/h9-10H,2-8,11-51H2,1H3,(H,54,55). The van der Waals surface area contributed by atoms with Gasteiger partial charge in [-0.05, 0) is 44.9 Å². The Labute approximate surface area is 357 Å². The number of carbonyl (C=O) groups excluding carboxylic acids is 1. The van der Waals surface area contributed by atoms with E-state index in [1.807, 2.05) is 0 Å². The van der Waals surface area contributed by atoms with Gasteiger partial charge in [0.05, 0.1) is 6.61 Å². The number of esters is 1. The summed E-state index contributed by atoms with van der Waals surface area (Å²) in [6.07, 6.45) is 65.8. The summed E-state index contributed by atoms with van der Waals surface area (Å²) in [5.41, 5.74) is 0. The SMILES string of the molecule is CCCCCCCCC=CCCCCCCCCCCCCCC(=O)OCCCCCCCCCCCCCCCCCCCCCCCCCCCCC(=O)O. The first-order valence-corrected chi connectivity index (χ1v) is 26.2. The van der Waals surface area contributed by atoms with E-state index in [-0.39, 0.29) is 5.97 Å². The minimum absolute atomic E-state index is 0.0216. The molecule has 0 aromatic rings. The summed E-state index contributed by atoms with van der Waals surface area (Å²) >= 11 is 0. The van der Waals surface area contributed by atoms with Gasteiger partial charge in [0, 0.05) is 12.8 Å². The third-order valence-electron chi connectivity index (χ3n) is 12.2. The van der Waals surface area contributed by atoms with Crippen LogP contribution in [0.2, 0.25) is 0 Å². The summed E-state index contributed by atoms with van der Waals surface area (Å²) in [4.78, 5) is 22.6. The molecule has 0 aliphatic rings. The van der Waals surface area contributed by atoms with Crippen LogP contribution in [0.25, 0.3) is 0 Å². The van der Waals surface area contributed by atoms with Crippen LogP contribution in [0.5, 0.6) is 0 Å². The molecule has 338 valence electrons. The molecule has 1 N–H and O–H groups in total. The van der Waals surface area contributed by atoms with Crippen LogP contribution >= 0.6 is 0 Å². The molecule has 0 amide bonds. The zero-order valence-electron chi connectivity index (χ0n) is 38.8. The van der Waals surface area contributed by atoms with Crippen molar-refractivity contribution in [3.8, 4) is 0 Å². The second-order valence-corrected chi connectivity index (χ2v) is 18.0. The molecule has 0 aliphatic carbocycles. The van der Waals surface area contributed by atoms with Crippen LogP contribution in [-0.4, -0.2) is 23.7 Å². The van der Waals surface area contributed by atoms with Gasteiger partial charge in [0.1, 0.15) is 0 Å². The molecule has 0 aromatic heterocycles. The zero-order valence-corrected chi connectivity index (χ0v) is 38.8. The first kappa shape index (κ1) is 55.7. The molecule has 0 rings (SSSR count). The lowest BCUT2D eigenvalue weighted by molar-refractivity contribution is -0.144. The highest BCUT2D eigenvalue weighted by Gasteiger charge is 2.03. The number of carboxylic acid groups (broad SMARTS) is 1. The van der Waals surface area contributed by atoms with Crippen molar-refractivity contribution in [1.82, 2.24) is 0 Å². The Bertz CT molecular complexity index is 807. The number of allylic oxidation sites excluding steroid dienone is 2. The van der Waals surface area contributed by atoms with Gasteiger partial charge in [0.2, 0.25) is 0 Å². The Morgan fingerprint density at radius 3 is 0.877 bits per heavy atom. The molecule has 0 heterocycles. The summed E-state index contributed by atoms with van der Waals surface area (Å²) in [5.74, 6) is -0.632. The van der Waals surface area contributed by atoms with E-state index in [0.717, 1.165) is 25.7 Å². The van der Waals surface area contributed by atoms with Gasteiger partial charge in [-0.3, -0.25) is 9.59 Å². The number of ether oxygens (including phenoxy) is 1. The highest BCUT2D eigenvalue weighted by Crippen LogP contribution is 2.17. The van der Waals surface area contributed by atoms with Crippen molar-refractivity contribution in [3.05, 3.63) is 12.2 Å². The van der Waals surface area contributed by atoms with Gasteiger partial charge in [-0.25, -0.2) is 0 Å². The van der Waals surface area contributed by atoms with Gasteiger partial charge >= 0.3 is 11.9 Å². The fourth-order valence-corrected chi connectivity index (χ4v) is 8.28. The molecule has 0 saturated heterocycles. The number of rotatable bonds is 50. The Morgan fingerprint density at radius 1 is 0.333 bits per heavy atom. The van der Waals surface area contributed by atoms with Gasteiger partial charge in [-0.15, -0.1) is 0 Å². The smallest absolute Gasteiger partial charge is 0.305 e. The van der Waals surface area contributed by atoms with E-state index >= 15 is 0 Å². The number of carbonyl (C=O) groups is 2. The minimum atomic E-state index is -0.654. The van der Waals surface area contributed by atoms with Crippen molar-refractivity contribution in [1.29, 1.82) is 0 Å². The van der Waals surface area contributed by atoms with E-state index in [0.29, 0.717) is 19.4 Å². The maximum Gasteiger partial charge on any atom is 0.305 e. The maximum absolute atomic E-state index is 12.1. The maximum atomic E-state index is 12.1. The molecule has 0 bridgehead atoms. The molecule has 0 unspecified atom stereocenters. The quantitative estimate of drug-likeness (QED) is 0.0378. The molecule has 0 aromatic carbocycles. The van der Waals surface area contributed by atoms with Crippen LogP contribution in [0, 0.1) is 0 Å². The molecule has 57 heavy (non-hydrogen) atoms. The topological polar surface area (TPSA) is 63.6 Å². The number of hydrogen-bond acceptors (Lipinski definition) is 3. The third kappa shape index (κ3) is 52.7. The summed E-state index contributed by atoms with van der Waals surface area (Å²) in [6, 6.07) is 0. The van der Waals surface area contributed by atoms with Crippen LogP contribution < -0.4 is 0 Å². The number of hydrogen-bond donors (Lipinski definition) is 1. The number of aliphatic carboxylic acids is 1. The molecule has 0 fully saturated rings. The molecule has 0 spiro atoms. The summed E-state index contributed by atoms with van der Waals surface area (Å²) < 4.78 is 5.49. The van der Waals surface area contributed by atoms with Crippen LogP contribution in [-0.2, 0) is 14.3 Å². The van der Waals surface area contributed by atoms with E-state index < -0.39 is 5.97 Å². The first-order chi connectivity index (χ1) is 28.2. The molecule has 0 radical (unpaired) electrons. The van der Waals surface area contributed by atoms with E-state index in [9.17, 15) is 9.59 Å². The summed E-state index contributed by atoms with van der Waals surface area (Å²) in [6.45, 7) is 2.91. The lowest BCUT2D eigenvalue weighted by atomic mass is 10.0. The summed E-state index contributed by atoms with van der Waals surface area (Å²) in [5, 5.41) is 8.66. The average Bonchev–Trinajstić information content (AvgIpc) is 3.20. The fourth-order valence-electron chi connectivity index (χ4n) is 8.28. The molecule has 4 nitrogen and oxygen atoms in total. The van der Waals surface area contributed by atoms with Crippen molar-refractivity contribution >= 4 is 11.9 Å². The number of unbranched alkanes of at least 4 members (excludes halogenated alkanes) is 42. The third-order valence-corrected chi connectivity index (χ3v) is 12.2. The highest BCUT2D eigenvalue weighted by molar-refractivity contribution is 5.69. The van der Waals surface area contributed by atoms with E-state index in [1.54, 1.807) is 0 Å². The van der Waals surface area contributed by atoms with E-state index in [2.05, 4.69) is 19.1 Å². The van der Waals surface area contributed by atoms with Crippen LogP contribution in [0.4, 0.5) is 0 Å². The molecule has 4 heteroatoms. The van der Waals surface area contributed by atoms with Crippen molar-refractivity contribution in [2.75, 3.05) is 6.61 Å². The molecule has 0 atom stereocenters. The molecular weight excluding hydrogens is 701 g/mol. The van der Waals surface area contributed by atoms with Gasteiger partial charge in [0.25, 0.3) is 0 Å². The van der Waals surface area contributed by atoms with Crippen molar-refractivity contribution in [2.45, 2.75) is 309 Å². The van der Waals surface area contributed by atoms with Gasteiger partial charge in [0.15, 0.2) is 0 Å². The largest absolute Gasteiger partial charge is 0.481 e. The van der Waals surface area contributed by atoms with Crippen molar-refractivity contribution in [2.24, 2.45) is 0 Å². The number of carboxylic acids is 1. The fraction of sp³-hybridized carbons (Fsp3) is 0.925. The normalized spacial score (nSPS) is 11.6. The first-order valence-electron chi connectivity index (χ1n) is 26.2. The van der Waals surface area contributed by atoms with Crippen LogP contribution in [0.15, 0.2) is 12.2 Å². The van der Waals surface area contributed by atoms with Crippen molar-refractivity contribution in [3.63, 3.8) is 0 Å². The average molecular weight is 803 g/mol. The Hall–Kier alpha value is -1.32. The monoisotopic (exact) mass is 803 g/mol. The highest BCUT2D eigenvalue weighted by atomic mass is 16.5. The Morgan fingerprint density at radius 2 is 0.579 bits per heavy atom.